The summed E-state index contributed by atoms with van der Waals surface area (Å²) >= 11 is 11.4. The van der Waals surface area contributed by atoms with Crippen molar-refractivity contribution in [1.82, 2.24) is 0 Å². The van der Waals surface area contributed by atoms with Gasteiger partial charge in [0.15, 0.2) is 0 Å². The lowest BCUT2D eigenvalue weighted by molar-refractivity contribution is 1.63. The fraction of sp³-hybridized carbons (Fsp3) is 0.111. The molecule has 0 radical (unpaired) electrons. The van der Waals surface area contributed by atoms with Crippen LogP contribution in [0.15, 0.2) is 36.4 Å². The van der Waals surface area contributed by atoms with E-state index in [9.17, 15) is 0 Å². The summed E-state index contributed by atoms with van der Waals surface area (Å²) in [6.07, 6.45) is 1.78. The highest BCUT2D eigenvalue weighted by Gasteiger charge is 1.93. The highest BCUT2D eigenvalue weighted by molar-refractivity contribution is 6.49. The molecule has 0 saturated carbocycles. The van der Waals surface area contributed by atoms with E-state index in [2.05, 4.69) is 0 Å². The van der Waals surface area contributed by atoms with Crippen LogP contribution in [0.3, 0.4) is 0 Å². The van der Waals surface area contributed by atoms with Crippen molar-refractivity contribution in [2.45, 2.75) is 0 Å². The SMILES string of the molecule is ClC/C=C(\Cl)c1ccccc1. The zero-order valence-corrected chi connectivity index (χ0v) is 7.44. The third-order valence-corrected chi connectivity index (χ3v) is 1.83. The number of alkyl halides is 1. The molecule has 0 heterocycles. The molecule has 0 spiro atoms. The number of hydrogen-bond acceptors (Lipinski definition) is 0. The Balaban J connectivity index is 2.85. The number of allylic oxidation sites excluding steroid dienone is 1. The minimum Gasteiger partial charge on any atom is -0.122 e. The van der Waals surface area contributed by atoms with Crippen LogP contribution in [0.5, 0.6) is 0 Å². The highest BCUT2D eigenvalue weighted by atomic mass is 35.5. The zero-order chi connectivity index (χ0) is 8.10. The number of rotatable bonds is 2. The Bertz CT molecular complexity index is 239. The predicted octanol–water partition coefficient (Wildman–Crippen LogP) is 3.51. The summed E-state index contributed by atoms with van der Waals surface area (Å²) in [6, 6.07) is 9.74. The predicted molar refractivity (Wildman–Crippen MR) is 51.0 cm³/mol. The maximum absolute atomic E-state index is 5.88. The van der Waals surface area contributed by atoms with Crippen LogP contribution in [0, 0.1) is 0 Å². The molecule has 0 aliphatic heterocycles. The molecule has 1 aromatic rings. The maximum atomic E-state index is 5.88. The van der Waals surface area contributed by atoms with Crippen LogP contribution in [0.2, 0.25) is 0 Å². The monoisotopic (exact) mass is 186 g/mol. The third-order valence-electron chi connectivity index (χ3n) is 1.31. The molecule has 0 aromatic heterocycles. The summed E-state index contributed by atoms with van der Waals surface area (Å²) in [5.74, 6) is 0.452. The quantitative estimate of drug-likeness (QED) is 0.621. The van der Waals surface area contributed by atoms with E-state index in [-0.39, 0.29) is 0 Å². The van der Waals surface area contributed by atoms with Crippen molar-refractivity contribution < 1.29 is 0 Å². The summed E-state index contributed by atoms with van der Waals surface area (Å²) in [5, 5.41) is 0.709. The van der Waals surface area contributed by atoms with E-state index < -0.39 is 0 Å². The van der Waals surface area contributed by atoms with E-state index >= 15 is 0 Å². The van der Waals surface area contributed by atoms with E-state index in [4.69, 9.17) is 23.2 Å². The van der Waals surface area contributed by atoms with Gasteiger partial charge in [-0.25, -0.2) is 0 Å². The van der Waals surface area contributed by atoms with Gasteiger partial charge in [-0.15, -0.1) is 11.6 Å². The summed E-state index contributed by atoms with van der Waals surface area (Å²) < 4.78 is 0. The van der Waals surface area contributed by atoms with Gasteiger partial charge >= 0.3 is 0 Å². The van der Waals surface area contributed by atoms with Gasteiger partial charge in [-0.2, -0.15) is 0 Å². The summed E-state index contributed by atoms with van der Waals surface area (Å²) in [5.41, 5.74) is 1.01. The Hall–Kier alpha value is -0.460. The molecule has 0 aliphatic rings. The van der Waals surface area contributed by atoms with Crippen LogP contribution >= 0.6 is 23.2 Å². The zero-order valence-electron chi connectivity index (χ0n) is 5.93. The summed E-state index contributed by atoms with van der Waals surface area (Å²) in [6.45, 7) is 0. The molecule has 2 heteroatoms. The second-order valence-corrected chi connectivity index (χ2v) is 2.79. The van der Waals surface area contributed by atoms with E-state index in [0.717, 1.165) is 5.56 Å². The second-order valence-electron chi connectivity index (χ2n) is 2.07. The first-order valence-electron chi connectivity index (χ1n) is 3.31. The van der Waals surface area contributed by atoms with Crippen molar-refractivity contribution in [3.63, 3.8) is 0 Å². The van der Waals surface area contributed by atoms with Gasteiger partial charge in [0.2, 0.25) is 0 Å². The lowest BCUT2D eigenvalue weighted by Crippen LogP contribution is -1.75. The Morgan fingerprint density at radius 3 is 2.45 bits per heavy atom. The molecular weight excluding hydrogens is 179 g/mol. The van der Waals surface area contributed by atoms with Gasteiger partial charge in [0.05, 0.1) is 0 Å². The standard InChI is InChI=1S/C9H8Cl2/c10-7-6-9(11)8-4-2-1-3-5-8/h1-6H,7H2/b9-6-. The lowest BCUT2D eigenvalue weighted by Gasteiger charge is -1.95. The Labute approximate surface area is 76.4 Å². The first kappa shape index (κ1) is 8.63. The lowest BCUT2D eigenvalue weighted by atomic mass is 10.2. The van der Waals surface area contributed by atoms with E-state index in [1.54, 1.807) is 6.08 Å². The molecule has 0 N–H and O–H groups in total. The van der Waals surface area contributed by atoms with Crippen LogP contribution in [-0.2, 0) is 0 Å². The van der Waals surface area contributed by atoms with Crippen molar-refractivity contribution in [1.29, 1.82) is 0 Å². The van der Waals surface area contributed by atoms with Gasteiger partial charge in [0, 0.05) is 10.9 Å². The number of benzene rings is 1. The van der Waals surface area contributed by atoms with Gasteiger partial charge in [-0.05, 0) is 5.56 Å². The third kappa shape index (κ3) is 2.57. The van der Waals surface area contributed by atoms with Crippen molar-refractivity contribution in [3.8, 4) is 0 Å². The van der Waals surface area contributed by atoms with E-state index in [1.165, 1.54) is 0 Å². The average molecular weight is 187 g/mol. The molecule has 1 rings (SSSR count). The van der Waals surface area contributed by atoms with Gasteiger partial charge in [0.25, 0.3) is 0 Å². The topological polar surface area (TPSA) is 0 Å². The van der Waals surface area contributed by atoms with Gasteiger partial charge in [-0.3, -0.25) is 0 Å². The minimum atomic E-state index is 0.452. The highest BCUT2D eigenvalue weighted by Crippen LogP contribution is 2.17. The second kappa shape index (κ2) is 4.42. The molecule has 0 unspecified atom stereocenters. The van der Waals surface area contributed by atoms with Gasteiger partial charge in [-0.1, -0.05) is 48.0 Å². The molecule has 0 nitrogen and oxygen atoms in total. The molecule has 0 aliphatic carbocycles. The Kier molecular flexibility index (Phi) is 3.47. The van der Waals surface area contributed by atoms with Crippen LogP contribution in [-0.4, -0.2) is 5.88 Å². The Morgan fingerprint density at radius 1 is 1.27 bits per heavy atom. The normalized spacial score (nSPS) is 11.6. The number of halogens is 2. The molecule has 0 saturated heterocycles. The first-order chi connectivity index (χ1) is 5.34. The minimum absolute atomic E-state index is 0.452. The molecule has 0 bridgehead atoms. The van der Waals surface area contributed by atoms with Crippen LogP contribution in [0.4, 0.5) is 0 Å². The molecule has 58 valence electrons. The average Bonchev–Trinajstić information content (AvgIpc) is 2.07. The smallest absolute Gasteiger partial charge is 0.0450 e. The summed E-state index contributed by atoms with van der Waals surface area (Å²) in [7, 11) is 0. The number of hydrogen-bond donors (Lipinski definition) is 0. The van der Waals surface area contributed by atoms with Gasteiger partial charge in [0.1, 0.15) is 0 Å². The largest absolute Gasteiger partial charge is 0.122 e. The molecule has 0 fully saturated rings. The van der Waals surface area contributed by atoms with Crippen molar-refractivity contribution >= 4 is 28.2 Å². The van der Waals surface area contributed by atoms with Crippen molar-refractivity contribution in [2.24, 2.45) is 0 Å². The van der Waals surface area contributed by atoms with E-state index in [1.807, 2.05) is 30.3 Å². The van der Waals surface area contributed by atoms with Crippen molar-refractivity contribution in [3.05, 3.63) is 42.0 Å². The molecule has 0 amide bonds. The molecule has 1 aromatic carbocycles. The fourth-order valence-electron chi connectivity index (χ4n) is 0.783. The van der Waals surface area contributed by atoms with Gasteiger partial charge < -0.3 is 0 Å². The Morgan fingerprint density at radius 2 is 1.91 bits per heavy atom. The van der Waals surface area contributed by atoms with Crippen molar-refractivity contribution in [2.75, 3.05) is 5.88 Å². The molecule has 0 atom stereocenters. The van der Waals surface area contributed by atoms with E-state index in [0.29, 0.717) is 10.9 Å². The maximum Gasteiger partial charge on any atom is 0.0450 e. The fourth-order valence-corrected chi connectivity index (χ4v) is 1.22. The summed E-state index contributed by atoms with van der Waals surface area (Å²) in [4.78, 5) is 0. The first-order valence-corrected chi connectivity index (χ1v) is 4.23. The van der Waals surface area contributed by atoms with Crippen LogP contribution in [0.1, 0.15) is 5.56 Å². The molecule has 11 heavy (non-hydrogen) atoms. The van der Waals surface area contributed by atoms with Crippen LogP contribution < -0.4 is 0 Å². The van der Waals surface area contributed by atoms with Crippen LogP contribution in [0.25, 0.3) is 5.03 Å². The molecular formula is C9H8Cl2.